The molecule has 0 saturated heterocycles. The zero-order valence-electron chi connectivity index (χ0n) is 16.0. The highest BCUT2D eigenvalue weighted by atomic mass is 19.1. The second-order valence-corrected chi connectivity index (χ2v) is 6.98. The lowest BCUT2D eigenvalue weighted by atomic mass is 9.97. The van der Waals surface area contributed by atoms with Gasteiger partial charge in [0.2, 0.25) is 0 Å². The first-order valence-corrected chi connectivity index (χ1v) is 9.58. The van der Waals surface area contributed by atoms with Crippen LogP contribution in [0.1, 0.15) is 49.0 Å². The van der Waals surface area contributed by atoms with Crippen LogP contribution in [0.15, 0.2) is 66.7 Å². The maximum Gasteiger partial charge on any atom is 0.159 e. The second kappa shape index (κ2) is 8.77. The molecule has 3 aromatic rings. The third kappa shape index (κ3) is 4.71. The van der Waals surface area contributed by atoms with Gasteiger partial charge in [0, 0.05) is 11.1 Å². The molecule has 3 rings (SSSR count). The van der Waals surface area contributed by atoms with Gasteiger partial charge in [-0.05, 0) is 48.1 Å². The Morgan fingerprint density at radius 1 is 0.815 bits per heavy atom. The molecular weight excluding hydrogens is 335 g/mol. The first kappa shape index (κ1) is 19.0. The molecule has 0 amide bonds. The van der Waals surface area contributed by atoms with Crippen molar-refractivity contribution < 1.29 is 9.18 Å². The summed E-state index contributed by atoms with van der Waals surface area (Å²) in [6.45, 7) is 3.74. The third-order valence-corrected chi connectivity index (χ3v) is 4.93. The number of benzene rings is 3. The maximum absolute atomic E-state index is 14.7. The van der Waals surface area contributed by atoms with Gasteiger partial charge in [-0.3, -0.25) is 4.79 Å². The number of hydrogen-bond donors (Lipinski definition) is 0. The molecule has 0 aliphatic rings. The molecule has 0 radical (unpaired) electrons. The molecule has 1 nitrogen and oxygen atoms in total. The largest absolute Gasteiger partial charge is 0.295 e. The van der Waals surface area contributed by atoms with Crippen molar-refractivity contribution in [1.29, 1.82) is 0 Å². The minimum atomic E-state index is -0.234. The molecule has 0 aromatic heterocycles. The fourth-order valence-corrected chi connectivity index (χ4v) is 3.26. The first-order chi connectivity index (χ1) is 13.1. The van der Waals surface area contributed by atoms with Crippen molar-refractivity contribution in [3.05, 3.63) is 83.7 Å². The number of ketones is 1. The Labute approximate surface area is 160 Å². The minimum absolute atomic E-state index is 0.0289. The highest BCUT2D eigenvalue weighted by Crippen LogP contribution is 2.28. The van der Waals surface area contributed by atoms with Gasteiger partial charge in [0.1, 0.15) is 5.82 Å². The maximum atomic E-state index is 14.7. The average Bonchev–Trinajstić information content (AvgIpc) is 2.69. The van der Waals surface area contributed by atoms with E-state index in [0.717, 1.165) is 23.1 Å². The molecule has 0 aliphatic heterocycles. The molecule has 0 spiro atoms. The quantitative estimate of drug-likeness (QED) is 0.324. The van der Waals surface area contributed by atoms with E-state index in [1.54, 1.807) is 25.1 Å². The van der Waals surface area contributed by atoms with Gasteiger partial charge in [-0.1, -0.05) is 80.4 Å². The topological polar surface area (TPSA) is 17.1 Å². The normalized spacial score (nSPS) is 10.8. The molecule has 0 fully saturated rings. The lowest BCUT2D eigenvalue weighted by molar-refractivity contribution is 0.101. The molecule has 27 heavy (non-hydrogen) atoms. The Balaban J connectivity index is 1.79. The zero-order valence-corrected chi connectivity index (χ0v) is 16.0. The monoisotopic (exact) mass is 360 g/mol. The van der Waals surface area contributed by atoms with Gasteiger partial charge in [0.15, 0.2) is 5.78 Å². The van der Waals surface area contributed by atoms with Crippen LogP contribution in [0.25, 0.3) is 22.3 Å². The Kier molecular flexibility index (Phi) is 6.18. The molecule has 0 saturated carbocycles. The summed E-state index contributed by atoms with van der Waals surface area (Å²) in [6.07, 6.45) is 4.73. The fraction of sp³-hybridized carbons (Fsp3) is 0.240. The van der Waals surface area contributed by atoms with Crippen LogP contribution in [0.3, 0.4) is 0 Å². The number of aryl methyl sites for hydroxylation is 1. The van der Waals surface area contributed by atoms with Crippen LogP contribution in [0, 0.1) is 5.82 Å². The van der Waals surface area contributed by atoms with Gasteiger partial charge in [-0.15, -0.1) is 0 Å². The summed E-state index contributed by atoms with van der Waals surface area (Å²) in [4.78, 5) is 11.4. The number of halogens is 1. The van der Waals surface area contributed by atoms with E-state index in [2.05, 4.69) is 19.1 Å². The van der Waals surface area contributed by atoms with E-state index >= 15 is 0 Å². The van der Waals surface area contributed by atoms with Crippen molar-refractivity contribution in [2.24, 2.45) is 0 Å². The summed E-state index contributed by atoms with van der Waals surface area (Å²) < 4.78 is 14.7. The number of Topliss-reactive ketones (excluding diaryl/α,β-unsaturated/α-hetero) is 1. The standard InChI is InChI=1S/C25H25FO/c1-3-4-5-6-19-7-9-22(10-8-19)24-16-15-23(17-25(24)26)21-13-11-20(12-14-21)18(2)27/h7-17H,3-6H2,1-2H3. The van der Waals surface area contributed by atoms with E-state index in [4.69, 9.17) is 0 Å². The molecular formula is C25H25FO. The molecule has 138 valence electrons. The SMILES string of the molecule is CCCCCc1ccc(-c2ccc(-c3ccc(C(C)=O)cc3)cc2F)cc1. The average molecular weight is 360 g/mol. The van der Waals surface area contributed by atoms with Gasteiger partial charge in [0.05, 0.1) is 0 Å². The highest BCUT2D eigenvalue weighted by molar-refractivity contribution is 5.94. The molecule has 0 bridgehead atoms. The van der Waals surface area contributed by atoms with E-state index in [1.807, 2.05) is 36.4 Å². The van der Waals surface area contributed by atoms with Crippen molar-refractivity contribution in [3.8, 4) is 22.3 Å². The summed E-state index contributed by atoms with van der Waals surface area (Å²) in [5, 5.41) is 0. The summed E-state index contributed by atoms with van der Waals surface area (Å²) in [5.41, 5.74) is 5.17. The van der Waals surface area contributed by atoms with Crippen LogP contribution in [0.4, 0.5) is 4.39 Å². The van der Waals surface area contributed by atoms with E-state index in [0.29, 0.717) is 11.1 Å². The van der Waals surface area contributed by atoms with Crippen molar-refractivity contribution in [3.63, 3.8) is 0 Å². The van der Waals surface area contributed by atoms with Crippen molar-refractivity contribution >= 4 is 5.78 Å². The Morgan fingerprint density at radius 3 is 2.04 bits per heavy atom. The predicted octanol–water partition coefficient (Wildman–Crippen LogP) is 7.10. The lowest BCUT2D eigenvalue weighted by Crippen LogP contribution is -1.91. The molecule has 2 heteroatoms. The zero-order chi connectivity index (χ0) is 19.2. The number of carbonyl (C=O) groups excluding carboxylic acids is 1. The summed E-state index contributed by atoms with van der Waals surface area (Å²) in [7, 11) is 0. The van der Waals surface area contributed by atoms with Gasteiger partial charge in [0.25, 0.3) is 0 Å². The van der Waals surface area contributed by atoms with Gasteiger partial charge in [-0.25, -0.2) is 4.39 Å². The number of rotatable bonds is 7. The first-order valence-electron chi connectivity index (χ1n) is 9.58. The smallest absolute Gasteiger partial charge is 0.159 e. The van der Waals surface area contributed by atoms with Gasteiger partial charge >= 0.3 is 0 Å². The van der Waals surface area contributed by atoms with Crippen LogP contribution in [-0.2, 0) is 6.42 Å². The summed E-state index contributed by atoms with van der Waals surface area (Å²) in [6, 6.07) is 20.8. The van der Waals surface area contributed by atoms with Gasteiger partial charge in [-0.2, -0.15) is 0 Å². The van der Waals surface area contributed by atoms with E-state index in [-0.39, 0.29) is 11.6 Å². The van der Waals surface area contributed by atoms with Crippen LogP contribution in [0.5, 0.6) is 0 Å². The van der Waals surface area contributed by atoms with Crippen LogP contribution >= 0.6 is 0 Å². The molecule has 0 atom stereocenters. The van der Waals surface area contributed by atoms with Gasteiger partial charge < -0.3 is 0 Å². The van der Waals surface area contributed by atoms with Crippen molar-refractivity contribution in [2.45, 2.75) is 39.5 Å². The highest BCUT2D eigenvalue weighted by Gasteiger charge is 2.08. The van der Waals surface area contributed by atoms with E-state index < -0.39 is 0 Å². The number of carbonyl (C=O) groups is 1. The number of unbranched alkanes of at least 4 members (excludes halogenated alkanes) is 2. The predicted molar refractivity (Wildman–Crippen MR) is 111 cm³/mol. The summed E-state index contributed by atoms with van der Waals surface area (Å²) >= 11 is 0. The molecule has 3 aromatic carbocycles. The molecule has 0 heterocycles. The second-order valence-electron chi connectivity index (χ2n) is 6.98. The molecule has 0 aliphatic carbocycles. The minimum Gasteiger partial charge on any atom is -0.295 e. The van der Waals surface area contributed by atoms with E-state index in [1.165, 1.54) is 24.8 Å². The molecule has 0 N–H and O–H groups in total. The fourth-order valence-electron chi connectivity index (χ4n) is 3.26. The Bertz CT molecular complexity index is 908. The Hall–Kier alpha value is -2.74. The van der Waals surface area contributed by atoms with Crippen molar-refractivity contribution in [1.82, 2.24) is 0 Å². The Morgan fingerprint density at radius 2 is 1.44 bits per heavy atom. The van der Waals surface area contributed by atoms with Crippen LogP contribution < -0.4 is 0 Å². The molecule has 0 unspecified atom stereocenters. The number of hydrogen-bond acceptors (Lipinski definition) is 1. The van der Waals surface area contributed by atoms with Crippen molar-refractivity contribution in [2.75, 3.05) is 0 Å². The van der Waals surface area contributed by atoms with Crippen LogP contribution in [-0.4, -0.2) is 5.78 Å². The third-order valence-electron chi connectivity index (χ3n) is 4.93. The lowest BCUT2D eigenvalue weighted by Gasteiger charge is -2.09. The van der Waals surface area contributed by atoms with Crippen LogP contribution in [0.2, 0.25) is 0 Å². The summed E-state index contributed by atoms with van der Waals surface area (Å²) in [5.74, 6) is -0.205. The van der Waals surface area contributed by atoms with E-state index in [9.17, 15) is 9.18 Å².